The molecule has 12 heavy (non-hydrogen) atoms. The first kappa shape index (κ1) is 10.0. The third-order valence-electron chi connectivity index (χ3n) is 2.76. The lowest BCUT2D eigenvalue weighted by atomic mass is 10.1. The average molecular weight is 235 g/mol. The highest BCUT2D eigenvalue weighted by molar-refractivity contribution is 9.09. The molecule has 1 fully saturated rings. The second kappa shape index (κ2) is 3.36. The van der Waals surface area contributed by atoms with Crippen LogP contribution in [0.1, 0.15) is 20.8 Å². The van der Waals surface area contributed by atoms with Gasteiger partial charge >= 0.3 is 5.97 Å². The Balaban J connectivity index is 2.51. The van der Waals surface area contributed by atoms with Gasteiger partial charge in [-0.15, -0.1) is 0 Å². The molecule has 0 radical (unpaired) electrons. The Labute approximate surface area is 81.8 Å². The van der Waals surface area contributed by atoms with E-state index in [2.05, 4.69) is 29.8 Å². The number of hydrogen-bond donors (Lipinski definition) is 0. The van der Waals surface area contributed by atoms with Crippen LogP contribution in [0.3, 0.4) is 0 Å². The molecule has 1 aliphatic rings. The van der Waals surface area contributed by atoms with Crippen molar-refractivity contribution in [2.24, 2.45) is 17.3 Å². The van der Waals surface area contributed by atoms with E-state index in [1.54, 1.807) is 0 Å². The minimum atomic E-state index is -0.0352. The summed E-state index contributed by atoms with van der Waals surface area (Å²) in [6.45, 7) is 6.55. The molecule has 0 N–H and O–H groups in total. The van der Waals surface area contributed by atoms with E-state index in [-0.39, 0.29) is 17.3 Å². The van der Waals surface area contributed by atoms with Crippen molar-refractivity contribution < 1.29 is 9.53 Å². The molecular formula is C9H15BrO2. The van der Waals surface area contributed by atoms with E-state index in [9.17, 15) is 4.79 Å². The number of hydrogen-bond acceptors (Lipinski definition) is 2. The molecule has 0 saturated heterocycles. The monoisotopic (exact) mass is 234 g/mol. The van der Waals surface area contributed by atoms with E-state index in [1.165, 1.54) is 0 Å². The highest BCUT2D eigenvalue weighted by Crippen LogP contribution is 2.59. The van der Waals surface area contributed by atoms with Crippen LogP contribution in [0.4, 0.5) is 0 Å². The second-order valence-electron chi connectivity index (χ2n) is 3.81. The van der Waals surface area contributed by atoms with Gasteiger partial charge in [0, 0.05) is 5.33 Å². The Kier molecular flexibility index (Phi) is 2.81. The summed E-state index contributed by atoms with van der Waals surface area (Å²) in [5.41, 5.74) is 0.135. The van der Waals surface area contributed by atoms with Crippen LogP contribution in [-0.4, -0.2) is 17.9 Å². The quantitative estimate of drug-likeness (QED) is 0.553. The first-order valence-corrected chi connectivity index (χ1v) is 5.40. The van der Waals surface area contributed by atoms with E-state index < -0.39 is 0 Å². The number of rotatable bonds is 3. The third-order valence-corrected chi connectivity index (χ3v) is 3.45. The van der Waals surface area contributed by atoms with Gasteiger partial charge in [0.15, 0.2) is 0 Å². The van der Waals surface area contributed by atoms with Crippen molar-refractivity contribution in [3.05, 3.63) is 0 Å². The Morgan fingerprint density at radius 3 is 2.50 bits per heavy atom. The molecule has 0 aromatic rings. The molecule has 1 aliphatic carbocycles. The van der Waals surface area contributed by atoms with Crippen LogP contribution in [0.5, 0.6) is 0 Å². The van der Waals surface area contributed by atoms with Gasteiger partial charge in [0.25, 0.3) is 0 Å². The highest BCUT2D eigenvalue weighted by atomic mass is 79.9. The van der Waals surface area contributed by atoms with Crippen LogP contribution < -0.4 is 0 Å². The zero-order valence-electron chi connectivity index (χ0n) is 7.76. The number of ether oxygens (including phenoxy) is 1. The maximum atomic E-state index is 11.3. The van der Waals surface area contributed by atoms with Crippen LogP contribution in [0, 0.1) is 17.3 Å². The van der Waals surface area contributed by atoms with E-state index >= 15 is 0 Å². The van der Waals surface area contributed by atoms with Crippen molar-refractivity contribution in [1.82, 2.24) is 0 Å². The summed E-state index contributed by atoms with van der Waals surface area (Å²) in [5.74, 6) is 0.528. The summed E-state index contributed by atoms with van der Waals surface area (Å²) in [6.07, 6.45) is 0. The van der Waals surface area contributed by atoms with Crippen molar-refractivity contribution in [2.75, 3.05) is 11.9 Å². The van der Waals surface area contributed by atoms with Gasteiger partial charge in [-0.1, -0.05) is 29.8 Å². The molecule has 3 heteroatoms. The molecular weight excluding hydrogens is 220 g/mol. The van der Waals surface area contributed by atoms with Gasteiger partial charge in [-0.05, 0) is 18.3 Å². The molecule has 0 aliphatic heterocycles. The molecule has 0 bridgehead atoms. The fraction of sp³-hybridized carbons (Fsp3) is 0.889. The molecule has 1 saturated carbocycles. The fourth-order valence-corrected chi connectivity index (χ4v) is 2.94. The van der Waals surface area contributed by atoms with Crippen LogP contribution >= 0.6 is 15.9 Å². The Morgan fingerprint density at radius 2 is 2.17 bits per heavy atom. The molecule has 1 rings (SSSR count). The Bertz CT molecular complexity index is 189. The van der Waals surface area contributed by atoms with Crippen molar-refractivity contribution in [1.29, 1.82) is 0 Å². The van der Waals surface area contributed by atoms with E-state index in [4.69, 9.17) is 4.74 Å². The Hall–Kier alpha value is -0.0500. The van der Waals surface area contributed by atoms with Gasteiger partial charge in [-0.2, -0.15) is 0 Å². The molecule has 70 valence electrons. The second-order valence-corrected chi connectivity index (χ2v) is 4.46. The molecule has 2 unspecified atom stereocenters. The lowest BCUT2D eigenvalue weighted by molar-refractivity contribution is -0.145. The number of carbonyl (C=O) groups excluding carboxylic acids is 1. The van der Waals surface area contributed by atoms with Crippen LogP contribution in [0.2, 0.25) is 0 Å². The number of alkyl halides is 1. The van der Waals surface area contributed by atoms with Gasteiger partial charge in [-0.3, -0.25) is 4.79 Å². The summed E-state index contributed by atoms with van der Waals surface area (Å²) in [7, 11) is 0. The van der Waals surface area contributed by atoms with Crippen LogP contribution in [0.25, 0.3) is 0 Å². The molecule has 0 spiro atoms. The SMILES string of the molecule is CCOC(=O)C1C(CBr)C1(C)C. The lowest BCUT2D eigenvalue weighted by Gasteiger charge is -2.01. The summed E-state index contributed by atoms with van der Waals surface area (Å²) in [4.78, 5) is 11.3. The lowest BCUT2D eigenvalue weighted by Crippen LogP contribution is -2.10. The number of carbonyl (C=O) groups is 1. The maximum Gasteiger partial charge on any atom is 0.309 e. The third kappa shape index (κ3) is 1.51. The molecule has 0 amide bonds. The highest BCUT2D eigenvalue weighted by Gasteiger charge is 2.61. The van der Waals surface area contributed by atoms with Crippen molar-refractivity contribution in [3.63, 3.8) is 0 Å². The van der Waals surface area contributed by atoms with E-state index in [0.717, 1.165) is 5.33 Å². The molecule has 0 aromatic carbocycles. The average Bonchev–Trinajstić information content (AvgIpc) is 2.53. The minimum absolute atomic E-state index is 0.0352. The zero-order chi connectivity index (χ0) is 9.35. The summed E-state index contributed by atoms with van der Waals surface area (Å²) < 4.78 is 4.97. The predicted molar refractivity (Wildman–Crippen MR) is 51.2 cm³/mol. The maximum absolute atomic E-state index is 11.3. The normalized spacial score (nSPS) is 31.3. The fourth-order valence-electron chi connectivity index (χ4n) is 1.73. The molecule has 2 nitrogen and oxygen atoms in total. The first-order chi connectivity index (χ1) is 5.55. The minimum Gasteiger partial charge on any atom is -0.466 e. The standard InChI is InChI=1S/C9H15BrO2/c1-4-12-8(11)7-6(5-10)9(7,2)3/h6-7H,4-5H2,1-3H3. The van der Waals surface area contributed by atoms with Gasteiger partial charge in [0.1, 0.15) is 0 Å². The Morgan fingerprint density at radius 1 is 1.58 bits per heavy atom. The predicted octanol–water partition coefficient (Wildman–Crippen LogP) is 2.22. The van der Waals surface area contributed by atoms with E-state index in [1.807, 2.05) is 6.92 Å². The summed E-state index contributed by atoms with van der Waals surface area (Å²) in [6, 6.07) is 0. The summed E-state index contributed by atoms with van der Waals surface area (Å²) >= 11 is 3.40. The largest absolute Gasteiger partial charge is 0.466 e. The number of esters is 1. The van der Waals surface area contributed by atoms with Gasteiger partial charge in [0.2, 0.25) is 0 Å². The van der Waals surface area contributed by atoms with Crippen molar-refractivity contribution in [2.45, 2.75) is 20.8 Å². The summed E-state index contributed by atoms with van der Waals surface area (Å²) in [5, 5.41) is 0.892. The van der Waals surface area contributed by atoms with Crippen molar-refractivity contribution >= 4 is 21.9 Å². The first-order valence-electron chi connectivity index (χ1n) is 4.28. The molecule has 0 heterocycles. The topological polar surface area (TPSA) is 26.3 Å². The van der Waals surface area contributed by atoms with Crippen LogP contribution in [-0.2, 0) is 9.53 Å². The molecule has 2 atom stereocenters. The smallest absolute Gasteiger partial charge is 0.309 e. The van der Waals surface area contributed by atoms with Crippen molar-refractivity contribution in [3.8, 4) is 0 Å². The van der Waals surface area contributed by atoms with E-state index in [0.29, 0.717) is 12.5 Å². The molecule has 0 aromatic heterocycles. The number of halogens is 1. The van der Waals surface area contributed by atoms with Crippen LogP contribution in [0.15, 0.2) is 0 Å². The zero-order valence-corrected chi connectivity index (χ0v) is 9.35. The van der Waals surface area contributed by atoms with Gasteiger partial charge < -0.3 is 4.74 Å². The van der Waals surface area contributed by atoms with Gasteiger partial charge in [-0.25, -0.2) is 0 Å². The van der Waals surface area contributed by atoms with Gasteiger partial charge in [0.05, 0.1) is 12.5 Å².